The van der Waals surface area contributed by atoms with Crippen molar-refractivity contribution < 1.29 is 14.0 Å². The number of rotatable bonds is 7. The molecule has 2 aromatic carbocycles. The highest BCUT2D eigenvalue weighted by Gasteiger charge is 2.23. The molecule has 39 heavy (non-hydrogen) atoms. The predicted octanol–water partition coefficient (Wildman–Crippen LogP) is 3.54. The Hall–Kier alpha value is -3.76. The third-order valence-corrected chi connectivity index (χ3v) is 7.23. The van der Waals surface area contributed by atoms with Gasteiger partial charge in [-0.2, -0.15) is 0 Å². The molecule has 204 valence electrons. The summed E-state index contributed by atoms with van der Waals surface area (Å²) < 4.78 is 14.6. The van der Waals surface area contributed by atoms with Gasteiger partial charge < -0.3 is 20.4 Å². The van der Waals surface area contributed by atoms with Crippen LogP contribution in [0.1, 0.15) is 18.9 Å². The molecule has 11 heteroatoms. The zero-order valence-corrected chi connectivity index (χ0v) is 22.5. The number of piperazine rings is 1. The zero-order chi connectivity index (χ0) is 27.4. The van der Waals surface area contributed by atoms with E-state index in [2.05, 4.69) is 37.6 Å². The number of fused-ring (bicyclic) bond motifs is 1. The molecule has 2 N–H and O–H groups in total. The molecule has 0 aliphatic carbocycles. The molecule has 2 aliphatic rings. The molecule has 0 spiro atoms. The summed E-state index contributed by atoms with van der Waals surface area (Å²) in [6.45, 7) is 7.38. The highest BCUT2D eigenvalue weighted by Crippen LogP contribution is 2.31. The predicted molar refractivity (Wildman–Crippen MR) is 151 cm³/mol. The van der Waals surface area contributed by atoms with Gasteiger partial charge in [0, 0.05) is 87.5 Å². The average molecular weight is 552 g/mol. The molecule has 0 bridgehead atoms. The minimum atomic E-state index is -0.397. The van der Waals surface area contributed by atoms with Crippen molar-refractivity contribution in [2.45, 2.75) is 19.9 Å². The van der Waals surface area contributed by atoms with Crippen LogP contribution < -0.4 is 20.4 Å². The zero-order valence-electron chi connectivity index (χ0n) is 21.8. The number of carbonyl (C=O) groups excluding carboxylic acids is 2. The Morgan fingerprint density at radius 3 is 2.59 bits per heavy atom. The van der Waals surface area contributed by atoms with Gasteiger partial charge in [-0.15, -0.1) is 0 Å². The molecule has 5 rings (SSSR count). The van der Waals surface area contributed by atoms with Crippen LogP contribution in [-0.2, 0) is 16.1 Å². The maximum atomic E-state index is 14.6. The van der Waals surface area contributed by atoms with E-state index in [1.165, 1.54) is 13.0 Å². The first-order valence-corrected chi connectivity index (χ1v) is 13.4. The second-order valence-electron chi connectivity index (χ2n) is 9.74. The van der Waals surface area contributed by atoms with Gasteiger partial charge in [-0.05, 0) is 36.4 Å². The summed E-state index contributed by atoms with van der Waals surface area (Å²) in [4.78, 5) is 39.3. The number of anilines is 3. The molecule has 0 atom stereocenters. The van der Waals surface area contributed by atoms with Gasteiger partial charge in [0.25, 0.3) is 0 Å². The second-order valence-corrected chi connectivity index (χ2v) is 10.2. The minimum absolute atomic E-state index is 0.0000935. The Kier molecular flexibility index (Phi) is 8.23. The van der Waals surface area contributed by atoms with Crippen LogP contribution in [0.3, 0.4) is 0 Å². The van der Waals surface area contributed by atoms with Gasteiger partial charge in [0.2, 0.25) is 11.8 Å². The van der Waals surface area contributed by atoms with Crippen LogP contribution in [0.5, 0.6) is 0 Å². The Morgan fingerprint density at radius 1 is 1.10 bits per heavy atom. The Balaban J connectivity index is 1.30. The lowest BCUT2D eigenvalue weighted by molar-refractivity contribution is -0.119. The van der Waals surface area contributed by atoms with Gasteiger partial charge in [-0.3, -0.25) is 14.5 Å². The highest BCUT2D eigenvalue weighted by molar-refractivity contribution is 6.30. The Bertz CT molecular complexity index is 1350. The van der Waals surface area contributed by atoms with Crippen LogP contribution in [0, 0.1) is 5.82 Å². The fraction of sp³-hybridized carbons (Fsp3) is 0.357. The largest absolute Gasteiger partial charge is 0.369 e. The molecule has 0 unspecified atom stereocenters. The lowest BCUT2D eigenvalue weighted by Crippen LogP contribution is -2.48. The summed E-state index contributed by atoms with van der Waals surface area (Å²) in [7, 11) is 0. The molecule has 1 aromatic heterocycles. The van der Waals surface area contributed by atoms with E-state index in [0.29, 0.717) is 41.0 Å². The van der Waals surface area contributed by atoms with Crippen molar-refractivity contribution in [3.63, 3.8) is 0 Å². The van der Waals surface area contributed by atoms with Crippen LogP contribution in [0.15, 0.2) is 48.7 Å². The number of carbonyl (C=O) groups is 2. The second kappa shape index (κ2) is 12.0. The van der Waals surface area contributed by atoms with Crippen LogP contribution in [0.4, 0.5) is 21.6 Å². The topological polar surface area (TPSA) is 93.7 Å². The van der Waals surface area contributed by atoms with E-state index in [-0.39, 0.29) is 24.8 Å². The SMILES string of the molecule is CC(=O)NCCN1CCN(c2ccc(-c3ncc4c(n3)N(Cc3ccc(Cl)cc3F)CCC(=O)N4)cc2)CC1. The van der Waals surface area contributed by atoms with Crippen molar-refractivity contribution >= 4 is 40.6 Å². The van der Waals surface area contributed by atoms with E-state index in [1.807, 2.05) is 17.0 Å². The van der Waals surface area contributed by atoms with Crippen LogP contribution >= 0.6 is 11.6 Å². The van der Waals surface area contributed by atoms with E-state index < -0.39 is 5.82 Å². The summed E-state index contributed by atoms with van der Waals surface area (Å²) in [6, 6.07) is 12.7. The molecule has 1 fully saturated rings. The monoisotopic (exact) mass is 551 g/mol. The summed E-state index contributed by atoms with van der Waals surface area (Å²) in [5, 5.41) is 6.05. The first kappa shape index (κ1) is 26.8. The molecular weight excluding hydrogens is 521 g/mol. The Labute approximate surface area is 232 Å². The standard InChI is InChI=1S/C28H31ClFN7O2/c1-19(38)31-9-11-35-12-14-36(15-13-35)23-6-3-20(4-7-23)27-32-17-25-28(34-27)37(10-8-26(39)33-25)18-21-2-5-22(29)16-24(21)30/h2-7,16-17H,8-15,18H2,1H3,(H,31,38)(H,33,39). The van der Waals surface area contributed by atoms with Crippen molar-refractivity contribution in [1.29, 1.82) is 0 Å². The molecule has 2 aliphatic heterocycles. The molecule has 3 heterocycles. The van der Waals surface area contributed by atoms with Gasteiger partial charge in [0.05, 0.1) is 6.20 Å². The highest BCUT2D eigenvalue weighted by atomic mass is 35.5. The maximum absolute atomic E-state index is 14.6. The number of hydrogen-bond donors (Lipinski definition) is 2. The molecule has 0 radical (unpaired) electrons. The number of nitrogens with zero attached hydrogens (tertiary/aromatic N) is 5. The third kappa shape index (κ3) is 6.63. The lowest BCUT2D eigenvalue weighted by Gasteiger charge is -2.36. The fourth-order valence-electron chi connectivity index (χ4n) is 4.85. The number of aromatic nitrogens is 2. The van der Waals surface area contributed by atoms with Crippen LogP contribution in [-0.4, -0.2) is 72.5 Å². The first-order chi connectivity index (χ1) is 18.9. The molecule has 3 aromatic rings. The van der Waals surface area contributed by atoms with Gasteiger partial charge in [0.15, 0.2) is 11.6 Å². The van der Waals surface area contributed by atoms with Crippen molar-refractivity contribution in [3.05, 3.63) is 65.1 Å². The summed E-state index contributed by atoms with van der Waals surface area (Å²) in [6.07, 6.45) is 1.87. The van der Waals surface area contributed by atoms with Gasteiger partial charge in [-0.1, -0.05) is 17.7 Å². The number of amides is 2. The number of hydrogen-bond acceptors (Lipinski definition) is 7. The third-order valence-electron chi connectivity index (χ3n) is 6.99. The quantitative estimate of drug-likeness (QED) is 0.464. The molecule has 1 saturated heterocycles. The van der Waals surface area contributed by atoms with E-state index in [4.69, 9.17) is 16.6 Å². The van der Waals surface area contributed by atoms with Crippen molar-refractivity contribution in [2.24, 2.45) is 0 Å². The fourth-order valence-corrected chi connectivity index (χ4v) is 5.01. The average Bonchev–Trinajstić information content (AvgIpc) is 3.08. The number of halogens is 2. The van der Waals surface area contributed by atoms with Crippen LogP contribution in [0.2, 0.25) is 5.02 Å². The van der Waals surface area contributed by atoms with E-state index in [9.17, 15) is 14.0 Å². The van der Waals surface area contributed by atoms with Gasteiger partial charge >= 0.3 is 0 Å². The number of benzene rings is 2. The van der Waals surface area contributed by atoms with E-state index in [1.54, 1.807) is 18.3 Å². The van der Waals surface area contributed by atoms with Crippen LogP contribution in [0.25, 0.3) is 11.4 Å². The van der Waals surface area contributed by atoms with Crippen molar-refractivity contribution in [2.75, 3.05) is 60.9 Å². The van der Waals surface area contributed by atoms with Gasteiger partial charge in [0.1, 0.15) is 11.5 Å². The molecule has 0 saturated carbocycles. The summed E-state index contributed by atoms with van der Waals surface area (Å²) in [5.41, 5.74) is 2.95. The molecule has 2 amide bonds. The molecule has 9 nitrogen and oxygen atoms in total. The maximum Gasteiger partial charge on any atom is 0.226 e. The van der Waals surface area contributed by atoms with Crippen molar-refractivity contribution in [1.82, 2.24) is 20.2 Å². The Morgan fingerprint density at radius 2 is 1.87 bits per heavy atom. The summed E-state index contributed by atoms with van der Waals surface area (Å²) >= 11 is 5.92. The molecular formula is C28H31ClFN7O2. The first-order valence-electron chi connectivity index (χ1n) is 13.0. The number of nitrogens with one attached hydrogen (secondary N) is 2. The smallest absolute Gasteiger partial charge is 0.226 e. The van der Waals surface area contributed by atoms with E-state index in [0.717, 1.165) is 44.0 Å². The minimum Gasteiger partial charge on any atom is -0.369 e. The summed E-state index contributed by atoms with van der Waals surface area (Å²) in [5.74, 6) is 0.554. The normalized spacial score (nSPS) is 15.9. The van der Waals surface area contributed by atoms with Gasteiger partial charge in [-0.25, -0.2) is 14.4 Å². The van der Waals surface area contributed by atoms with E-state index >= 15 is 0 Å². The lowest BCUT2D eigenvalue weighted by atomic mass is 10.1. The van der Waals surface area contributed by atoms with Crippen molar-refractivity contribution in [3.8, 4) is 11.4 Å².